The molecular formula is C19H29NO. The largest absolute Gasteiger partial charge is 0.388 e. The maximum atomic E-state index is 11.6. The summed E-state index contributed by atoms with van der Waals surface area (Å²) in [6, 6.07) is 10.3. The van der Waals surface area contributed by atoms with Crippen molar-refractivity contribution in [2.24, 2.45) is 17.6 Å². The number of benzene rings is 1. The van der Waals surface area contributed by atoms with E-state index in [2.05, 4.69) is 24.3 Å². The predicted molar refractivity (Wildman–Crippen MR) is 87.0 cm³/mol. The van der Waals surface area contributed by atoms with Gasteiger partial charge in [0.2, 0.25) is 0 Å². The Morgan fingerprint density at radius 2 is 1.43 bits per heavy atom. The third kappa shape index (κ3) is 3.02. The molecule has 0 amide bonds. The molecule has 2 heteroatoms. The molecule has 116 valence electrons. The number of aliphatic hydroxyl groups is 1. The fraction of sp³-hybridized carbons (Fsp3) is 0.684. The molecule has 0 saturated heterocycles. The van der Waals surface area contributed by atoms with Gasteiger partial charge in [-0.2, -0.15) is 0 Å². The highest BCUT2D eigenvalue weighted by Gasteiger charge is 2.49. The fourth-order valence-electron chi connectivity index (χ4n) is 4.75. The van der Waals surface area contributed by atoms with Gasteiger partial charge in [0, 0.05) is 6.04 Å². The van der Waals surface area contributed by atoms with Crippen LogP contribution < -0.4 is 5.73 Å². The van der Waals surface area contributed by atoms with Gasteiger partial charge in [0.1, 0.15) is 0 Å². The topological polar surface area (TPSA) is 46.2 Å². The molecule has 0 aliphatic heterocycles. The summed E-state index contributed by atoms with van der Waals surface area (Å²) in [6.45, 7) is 0. The zero-order chi connectivity index (χ0) is 14.7. The lowest BCUT2D eigenvalue weighted by Crippen LogP contribution is -2.58. The molecule has 21 heavy (non-hydrogen) atoms. The molecule has 3 N–H and O–H groups in total. The smallest absolute Gasteiger partial charge is 0.0857 e. The van der Waals surface area contributed by atoms with E-state index in [-0.39, 0.29) is 6.04 Å². The van der Waals surface area contributed by atoms with Crippen LogP contribution >= 0.6 is 0 Å². The summed E-state index contributed by atoms with van der Waals surface area (Å²) in [6.07, 6.45) is 10.5. The van der Waals surface area contributed by atoms with E-state index >= 15 is 0 Å². The number of hydrogen-bond acceptors (Lipinski definition) is 2. The minimum atomic E-state index is -0.650. The van der Waals surface area contributed by atoms with E-state index in [1.165, 1.54) is 31.2 Å². The van der Waals surface area contributed by atoms with Crippen LogP contribution in [0.15, 0.2) is 30.3 Å². The van der Waals surface area contributed by atoms with Crippen molar-refractivity contribution in [2.45, 2.75) is 69.4 Å². The number of rotatable bonds is 5. The van der Waals surface area contributed by atoms with Crippen LogP contribution in [0.1, 0.15) is 56.9 Å². The standard InChI is InChI=1S/C19H29NO/c20-18(14-15-8-2-1-3-9-15)19(21,16-10-4-5-11-16)17-12-6-7-13-17/h1-3,8-9,16-18,21H,4-7,10-14,20H2/t18-/m1/s1. The summed E-state index contributed by atoms with van der Waals surface area (Å²) in [5, 5.41) is 11.6. The molecule has 1 atom stereocenters. The average molecular weight is 287 g/mol. The second-order valence-electron chi connectivity index (χ2n) is 7.15. The molecule has 0 aromatic heterocycles. The summed E-state index contributed by atoms with van der Waals surface area (Å²) >= 11 is 0. The van der Waals surface area contributed by atoms with Crippen LogP contribution in [-0.4, -0.2) is 16.7 Å². The van der Waals surface area contributed by atoms with Crippen molar-refractivity contribution in [3.05, 3.63) is 35.9 Å². The first kappa shape index (κ1) is 15.1. The second-order valence-corrected chi connectivity index (χ2v) is 7.15. The monoisotopic (exact) mass is 287 g/mol. The van der Waals surface area contributed by atoms with E-state index in [0.29, 0.717) is 11.8 Å². The van der Waals surface area contributed by atoms with E-state index in [9.17, 15) is 5.11 Å². The zero-order valence-corrected chi connectivity index (χ0v) is 13.0. The van der Waals surface area contributed by atoms with Gasteiger partial charge >= 0.3 is 0 Å². The molecule has 2 aliphatic carbocycles. The Morgan fingerprint density at radius 3 is 1.90 bits per heavy atom. The highest BCUT2D eigenvalue weighted by molar-refractivity contribution is 5.18. The lowest BCUT2D eigenvalue weighted by atomic mass is 9.69. The molecule has 0 radical (unpaired) electrons. The lowest BCUT2D eigenvalue weighted by Gasteiger charge is -2.44. The Labute approximate surface area is 128 Å². The van der Waals surface area contributed by atoms with Gasteiger partial charge in [0.05, 0.1) is 5.60 Å². The molecule has 2 saturated carbocycles. The van der Waals surface area contributed by atoms with Crippen molar-refractivity contribution >= 4 is 0 Å². The van der Waals surface area contributed by atoms with Gasteiger partial charge in [-0.05, 0) is 49.5 Å². The van der Waals surface area contributed by atoms with Gasteiger partial charge in [0.15, 0.2) is 0 Å². The molecule has 2 fully saturated rings. The minimum absolute atomic E-state index is 0.133. The summed E-state index contributed by atoms with van der Waals surface area (Å²) in [7, 11) is 0. The normalized spacial score (nSPS) is 22.8. The Hall–Kier alpha value is -0.860. The molecule has 0 spiro atoms. The van der Waals surface area contributed by atoms with E-state index in [1.807, 2.05) is 6.07 Å². The fourth-order valence-corrected chi connectivity index (χ4v) is 4.75. The van der Waals surface area contributed by atoms with Gasteiger partial charge in [-0.25, -0.2) is 0 Å². The SMILES string of the molecule is N[C@H](Cc1ccccc1)C(O)(C1CCCC1)C1CCCC1. The second kappa shape index (κ2) is 6.50. The van der Waals surface area contributed by atoms with Gasteiger partial charge in [0.25, 0.3) is 0 Å². The van der Waals surface area contributed by atoms with Gasteiger partial charge < -0.3 is 10.8 Å². The Bertz CT molecular complexity index is 416. The quantitative estimate of drug-likeness (QED) is 0.868. The van der Waals surface area contributed by atoms with Crippen molar-refractivity contribution in [1.82, 2.24) is 0 Å². The summed E-state index contributed by atoms with van der Waals surface area (Å²) in [5.41, 5.74) is 7.19. The maximum Gasteiger partial charge on any atom is 0.0857 e. The van der Waals surface area contributed by atoms with E-state index in [0.717, 1.165) is 32.1 Å². The van der Waals surface area contributed by atoms with Gasteiger partial charge in [-0.15, -0.1) is 0 Å². The first-order chi connectivity index (χ1) is 10.2. The third-order valence-electron chi connectivity index (χ3n) is 5.91. The zero-order valence-electron chi connectivity index (χ0n) is 13.0. The summed E-state index contributed by atoms with van der Waals surface area (Å²) in [4.78, 5) is 0. The molecule has 0 unspecified atom stereocenters. The van der Waals surface area contributed by atoms with Crippen LogP contribution in [0.2, 0.25) is 0 Å². The van der Waals surface area contributed by atoms with Crippen LogP contribution in [0.3, 0.4) is 0 Å². The van der Waals surface area contributed by atoms with Crippen molar-refractivity contribution in [1.29, 1.82) is 0 Å². The molecule has 2 aliphatic rings. The molecule has 0 bridgehead atoms. The van der Waals surface area contributed by atoms with Gasteiger partial charge in [-0.3, -0.25) is 0 Å². The van der Waals surface area contributed by atoms with Gasteiger partial charge in [-0.1, -0.05) is 56.0 Å². The van der Waals surface area contributed by atoms with Crippen LogP contribution in [0, 0.1) is 11.8 Å². The summed E-state index contributed by atoms with van der Waals surface area (Å²) < 4.78 is 0. The van der Waals surface area contributed by atoms with E-state index < -0.39 is 5.60 Å². The van der Waals surface area contributed by atoms with Crippen molar-refractivity contribution < 1.29 is 5.11 Å². The van der Waals surface area contributed by atoms with Crippen LogP contribution in [0.4, 0.5) is 0 Å². The highest BCUT2D eigenvalue weighted by atomic mass is 16.3. The molecule has 0 heterocycles. The number of hydrogen-bond donors (Lipinski definition) is 2. The Morgan fingerprint density at radius 1 is 0.952 bits per heavy atom. The Kier molecular flexibility index (Phi) is 4.66. The van der Waals surface area contributed by atoms with Crippen LogP contribution in [0.25, 0.3) is 0 Å². The number of nitrogens with two attached hydrogens (primary N) is 1. The summed E-state index contributed by atoms with van der Waals surface area (Å²) in [5.74, 6) is 0.832. The van der Waals surface area contributed by atoms with Crippen LogP contribution in [-0.2, 0) is 6.42 Å². The van der Waals surface area contributed by atoms with E-state index in [4.69, 9.17) is 5.73 Å². The van der Waals surface area contributed by atoms with Crippen molar-refractivity contribution in [2.75, 3.05) is 0 Å². The first-order valence-electron chi connectivity index (χ1n) is 8.73. The minimum Gasteiger partial charge on any atom is -0.388 e. The van der Waals surface area contributed by atoms with Crippen molar-refractivity contribution in [3.63, 3.8) is 0 Å². The van der Waals surface area contributed by atoms with Crippen LogP contribution in [0.5, 0.6) is 0 Å². The molecule has 1 aromatic carbocycles. The third-order valence-corrected chi connectivity index (χ3v) is 5.91. The average Bonchev–Trinajstić information content (AvgIpc) is 3.21. The Balaban J connectivity index is 1.80. The molecular weight excluding hydrogens is 258 g/mol. The van der Waals surface area contributed by atoms with Crippen molar-refractivity contribution in [3.8, 4) is 0 Å². The lowest BCUT2D eigenvalue weighted by molar-refractivity contribution is -0.0862. The molecule has 1 aromatic rings. The first-order valence-corrected chi connectivity index (χ1v) is 8.73. The predicted octanol–water partition coefficient (Wildman–Crippen LogP) is 3.67. The van der Waals surface area contributed by atoms with E-state index in [1.54, 1.807) is 0 Å². The molecule has 3 rings (SSSR count). The molecule has 2 nitrogen and oxygen atoms in total. The maximum absolute atomic E-state index is 11.6. The highest BCUT2D eigenvalue weighted by Crippen LogP contribution is 2.46.